The molecule has 174 valence electrons. The molecule has 1 spiro atoms. The third kappa shape index (κ3) is 2.75. The number of primary amides is 1. The Morgan fingerprint density at radius 3 is 2.62 bits per heavy atom. The van der Waals surface area contributed by atoms with Crippen molar-refractivity contribution in [2.24, 2.45) is 17.6 Å². The van der Waals surface area contributed by atoms with Crippen molar-refractivity contribution in [2.75, 3.05) is 17.3 Å². The Hall–Kier alpha value is -4.32. The van der Waals surface area contributed by atoms with Crippen molar-refractivity contribution in [1.82, 2.24) is 5.32 Å². The van der Waals surface area contributed by atoms with Crippen molar-refractivity contribution in [3.05, 3.63) is 58.1 Å². The fraction of sp³-hybridized carbons (Fsp3) is 0.273. The van der Waals surface area contributed by atoms with Gasteiger partial charge in [0.05, 0.1) is 35.6 Å². The van der Waals surface area contributed by atoms with Crippen molar-refractivity contribution >= 4 is 40.7 Å². The zero-order valence-corrected chi connectivity index (χ0v) is 17.8. The van der Waals surface area contributed by atoms with Gasteiger partial charge in [0.25, 0.3) is 5.69 Å². The number of hydrogen-bond acceptors (Lipinski definition) is 8. The summed E-state index contributed by atoms with van der Waals surface area (Å²) in [7, 11) is 1.26. The van der Waals surface area contributed by atoms with Crippen LogP contribution in [0.5, 0.6) is 5.75 Å². The lowest BCUT2D eigenvalue weighted by Crippen LogP contribution is -2.53. The minimum Gasteiger partial charge on any atom is -0.494 e. The molecule has 0 radical (unpaired) electrons. The third-order valence-electron chi connectivity index (χ3n) is 6.66. The molecule has 2 saturated heterocycles. The normalized spacial score (nSPS) is 27.0. The molecular weight excluding hydrogens is 446 g/mol. The van der Waals surface area contributed by atoms with Gasteiger partial charge in [-0.2, -0.15) is 0 Å². The smallest absolute Gasteiger partial charge is 0.273 e. The van der Waals surface area contributed by atoms with E-state index in [4.69, 9.17) is 10.5 Å². The first-order valence-electron chi connectivity index (χ1n) is 10.4. The second-order valence-corrected chi connectivity index (χ2v) is 8.36. The molecule has 12 nitrogen and oxygen atoms in total. The molecule has 5 rings (SSSR count). The number of nitro benzene ring substituents is 1. The molecule has 3 aliphatic rings. The van der Waals surface area contributed by atoms with Gasteiger partial charge < -0.3 is 15.8 Å². The summed E-state index contributed by atoms with van der Waals surface area (Å²) >= 11 is 0. The van der Waals surface area contributed by atoms with Gasteiger partial charge in [0.1, 0.15) is 11.3 Å². The van der Waals surface area contributed by atoms with Crippen molar-refractivity contribution < 1.29 is 28.8 Å². The van der Waals surface area contributed by atoms with E-state index in [0.29, 0.717) is 11.3 Å². The highest BCUT2D eigenvalue weighted by Gasteiger charge is 2.70. The molecule has 4 N–H and O–H groups in total. The van der Waals surface area contributed by atoms with E-state index in [1.54, 1.807) is 24.3 Å². The van der Waals surface area contributed by atoms with Crippen LogP contribution < -0.4 is 26.0 Å². The maximum absolute atomic E-state index is 13.8. The number of fused-ring (bicyclic) bond motifs is 4. The highest BCUT2D eigenvalue weighted by atomic mass is 16.6. The number of nitrogens with two attached hydrogens (primary N) is 1. The predicted octanol–water partition coefficient (Wildman–Crippen LogP) is 0.404. The summed E-state index contributed by atoms with van der Waals surface area (Å²) in [5, 5.41) is 17.0. The summed E-state index contributed by atoms with van der Waals surface area (Å²) in [5.41, 5.74) is 4.53. The number of imide groups is 1. The highest BCUT2D eigenvalue weighted by molar-refractivity contribution is 6.26. The van der Waals surface area contributed by atoms with E-state index in [-0.39, 0.29) is 23.5 Å². The number of para-hydroxylation sites is 1. The lowest BCUT2D eigenvalue weighted by atomic mass is 9.76. The zero-order valence-electron chi connectivity index (χ0n) is 17.8. The van der Waals surface area contributed by atoms with Crippen LogP contribution in [0.15, 0.2) is 42.5 Å². The van der Waals surface area contributed by atoms with Gasteiger partial charge in [0, 0.05) is 29.8 Å². The van der Waals surface area contributed by atoms with Gasteiger partial charge in [-0.3, -0.25) is 34.6 Å². The summed E-state index contributed by atoms with van der Waals surface area (Å²) in [6.07, 6.45) is -0.275. The molecule has 12 heteroatoms. The molecular formula is C22H19N5O7. The maximum Gasteiger partial charge on any atom is 0.273 e. The second kappa shape index (κ2) is 7.35. The van der Waals surface area contributed by atoms with Crippen LogP contribution in [0.4, 0.5) is 17.1 Å². The number of carbonyl (C=O) groups excluding carboxylic acids is 4. The fourth-order valence-corrected chi connectivity index (χ4v) is 5.35. The van der Waals surface area contributed by atoms with E-state index in [1.807, 2.05) is 0 Å². The topological polar surface area (TPSA) is 174 Å². The standard InChI is InChI=1S/C22H19N5O7/c1-34-15-8-10(27(32)33)6-7-14(15)26-19(29)17-13(9-16(23)28)25-22(18(17)20(26)30)11-4-2-3-5-12(11)24-21(22)31/h2-8,13,17-18,25H,9H2,1H3,(H2,23,28)(H,24,31)/t13-,17+,18+,22-/m0/s1. The van der Waals surface area contributed by atoms with Gasteiger partial charge in [0.15, 0.2) is 0 Å². The molecule has 0 unspecified atom stereocenters. The molecule has 3 aliphatic heterocycles. The molecule has 2 aromatic rings. The number of methoxy groups -OCH3 is 1. The number of nitrogens with one attached hydrogen (secondary N) is 2. The van der Waals surface area contributed by atoms with Crippen LogP contribution in [0, 0.1) is 22.0 Å². The number of hydrogen-bond donors (Lipinski definition) is 3. The van der Waals surface area contributed by atoms with E-state index in [1.165, 1.54) is 13.2 Å². The van der Waals surface area contributed by atoms with Crippen LogP contribution in [-0.2, 0) is 24.7 Å². The van der Waals surface area contributed by atoms with Crippen LogP contribution in [0.3, 0.4) is 0 Å². The monoisotopic (exact) mass is 465 g/mol. The number of carbonyl (C=O) groups is 4. The van der Waals surface area contributed by atoms with E-state index in [9.17, 15) is 29.3 Å². The Bertz CT molecular complexity index is 1290. The Labute approximate surface area is 192 Å². The third-order valence-corrected chi connectivity index (χ3v) is 6.66. The van der Waals surface area contributed by atoms with E-state index < -0.39 is 52.0 Å². The van der Waals surface area contributed by atoms with Gasteiger partial charge in [-0.1, -0.05) is 18.2 Å². The Morgan fingerprint density at radius 1 is 1.21 bits per heavy atom. The number of benzene rings is 2. The van der Waals surface area contributed by atoms with Gasteiger partial charge in [-0.05, 0) is 12.1 Å². The molecule has 2 fully saturated rings. The van der Waals surface area contributed by atoms with Crippen LogP contribution in [-0.4, -0.2) is 41.7 Å². The number of ether oxygens (including phenoxy) is 1. The zero-order chi connectivity index (χ0) is 24.4. The van der Waals surface area contributed by atoms with Crippen LogP contribution in [0.25, 0.3) is 0 Å². The van der Waals surface area contributed by atoms with Crippen molar-refractivity contribution in [1.29, 1.82) is 0 Å². The van der Waals surface area contributed by atoms with E-state index in [0.717, 1.165) is 17.0 Å². The number of nitrogens with zero attached hydrogens (tertiary/aromatic N) is 2. The first kappa shape index (κ1) is 21.5. The van der Waals surface area contributed by atoms with Crippen LogP contribution in [0.2, 0.25) is 0 Å². The fourth-order valence-electron chi connectivity index (χ4n) is 5.35. The van der Waals surface area contributed by atoms with Crippen molar-refractivity contribution in [3.63, 3.8) is 0 Å². The molecule has 4 atom stereocenters. The average Bonchev–Trinajstić information content (AvgIpc) is 3.37. The largest absolute Gasteiger partial charge is 0.494 e. The number of rotatable bonds is 5. The summed E-state index contributed by atoms with van der Waals surface area (Å²) in [6.45, 7) is 0. The first-order valence-corrected chi connectivity index (χ1v) is 10.4. The summed E-state index contributed by atoms with van der Waals surface area (Å²) < 4.78 is 5.23. The predicted molar refractivity (Wildman–Crippen MR) is 117 cm³/mol. The second-order valence-electron chi connectivity index (χ2n) is 8.36. The molecule has 3 heterocycles. The summed E-state index contributed by atoms with van der Waals surface area (Å²) in [6, 6.07) is 9.41. The molecule has 2 aromatic carbocycles. The van der Waals surface area contributed by atoms with Crippen LogP contribution in [0.1, 0.15) is 12.0 Å². The highest BCUT2D eigenvalue weighted by Crippen LogP contribution is 2.54. The maximum atomic E-state index is 13.8. The van der Waals surface area contributed by atoms with Crippen molar-refractivity contribution in [2.45, 2.75) is 18.0 Å². The van der Waals surface area contributed by atoms with E-state index in [2.05, 4.69) is 10.6 Å². The molecule has 0 aliphatic carbocycles. The Balaban J connectivity index is 1.67. The first-order chi connectivity index (χ1) is 16.2. The lowest BCUT2D eigenvalue weighted by Gasteiger charge is -2.29. The van der Waals surface area contributed by atoms with Gasteiger partial charge >= 0.3 is 0 Å². The average molecular weight is 465 g/mol. The van der Waals surface area contributed by atoms with Gasteiger partial charge in [0.2, 0.25) is 23.6 Å². The quantitative estimate of drug-likeness (QED) is 0.323. The summed E-state index contributed by atoms with van der Waals surface area (Å²) in [5.74, 6) is -4.87. The Morgan fingerprint density at radius 2 is 1.94 bits per heavy atom. The molecule has 0 saturated carbocycles. The van der Waals surface area contributed by atoms with Crippen LogP contribution >= 0.6 is 0 Å². The van der Waals surface area contributed by atoms with Gasteiger partial charge in [-0.25, -0.2) is 4.90 Å². The number of amides is 4. The SMILES string of the molecule is COc1cc([N+](=O)[O-])ccc1N1C(=O)[C@@H]2[C@H](CC(N)=O)N[C@]3(C(=O)Nc4ccccc43)[C@H]2C1=O. The van der Waals surface area contributed by atoms with Gasteiger partial charge in [-0.15, -0.1) is 0 Å². The van der Waals surface area contributed by atoms with Crippen molar-refractivity contribution in [3.8, 4) is 5.75 Å². The number of non-ortho nitro benzene ring substituents is 1. The molecule has 34 heavy (non-hydrogen) atoms. The number of anilines is 2. The summed E-state index contributed by atoms with van der Waals surface area (Å²) in [4.78, 5) is 64.0. The minimum atomic E-state index is -1.59. The number of nitro groups is 1. The molecule has 4 amide bonds. The lowest BCUT2D eigenvalue weighted by molar-refractivity contribution is -0.384. The molecule has 0 bridgehead atoms. The van der Waals surface area contributed by atoms with E-state index >= 15 is 0 Å². The molecule has 0 aromatic heterocycles. The Kier molecular flexibility index (Phi) is 4.65. The minimum absolute atomic E-state index is 0.0113.